The average Bonchev–Trinajstić information content (AvgIpc) is 2.45. The second-order valence-corrected chi connectivity index (χ2v) is 5.92. The van der Waals surface area contributed by atoms with Crippen LogP contribution in [0.25, 0.3) is 0 Å². The van der Waals surface area contributed by atoms with Crippen LogP contribution in [0.3, 0.4) is 0 Å². The van der Waals surface area contributed by atoms with Crippen molar-refractivity contribution in [3.8, 4) is 0 Å². The summed E-state index contributed by atoms with van der Waals surface area (Å²) in [6, 6.07) is 5.85. The van der Waals surface area contributed by atoms with Gasteiger partial charge in [-0.15, -0.1) is 0 Å². The van der Waals surface area contributed by atoms with E-state index in [0.29, 0.717) is 30.8 Å². The summed E-state index contributed by atoms with van der Waals surface area (Å²) in [5, 5.41) is 3.98. The highest BCUT2D eigenvalue weighted by Crippen LogP contribution is 2.29. The van der Waals surface area contributed by atoms with Crippen LogP contribution in [0.4, 0.5) is 5.69 Å². The lowest BCUT2D eigenvalue weighted by Crippen LogP contribution is -2.52. The smallest absolute Gasteiger partial charge is 0.242 e. The zero-order valence-electron chi connectivity index (χ0n) is 12.4. The number of nitrogens with zero attached hydrogens (tertiary/aromatic N) is 1. The summed E-state index contributed by atoms with van der Waals surface area (Å²) in [7, 11) is 0. The number of amides is 1. The Kier molecular flexibility index (Phi) is 5.45. The number of ether oxygens (including phenoxy) is 1. The summed E-state index contributed by atoms with van der Waals surface area (Å²) < 4.78 is 5.33. The molecule has 0 bridgehead atoms. The maximum atomic E-state index is 11.5. The fraction of sp³-hybridized carbons (Fsp3) is 0.533. The molecular weight excluding hydrogens is 290 g/mol. The van der Waals surface area contributed by atoms with Gasteiger partial charge in [-0.3, -0.25) is 4.79 Å². The van der Waals surface area contributed by atoms with Gasteiger partial charge in [0, 0.05) is 19.1 Å². The minimum atomic E-state index is -0.462. The van der Waals surface area contributed by atoms with E-state index in [2.05, 4.69) is 19.2 Å². The number of rotatable bonds is 5. The van der Waals surface area contributed by atoms with E-state index in [1.54, 1.807) is 0 Å². The third-order valence-corrected chi connectivity index (χ3v) is 3.80. The quantitative estimate of drug-likeness (QED) is 0.865. The van der Waals surface area contributed by atoms with Crippen molar-refractivity contribution in [2.75, 3.05) is 24.7 Å². The molecule has 1 fully saturated rings. The first-order valence-corrected chi connectivity index (χ1v) is 7.52. The largest absolute Gasteiger partial charge is 0.377 e. The Morgan fingerprint density at radius 1 is 1.57 bits per heavy atom. The topological polar surface area (TPSA) is 67.6 Å². The first-order chi connectivity index (χ1) is 9.99. The Labute approximate surface area is 130 Å². The minimum Gasteiger partial charge on any atom is -0.377 e. The first-order valence-electron chi connectivity index (χ1n) is 7.14. The Morgan fingerprint density at radius 2 is 2.33 bits per heavy atom. The van der Waals surface area contributed by atoms with Gasteiger partial charge in [-0.05, 0) is 17.7 Å². The second kappa shape index (κ2) is 7.11. The van der Waals surface area contributed by atoms with Gasteiger partial charge in [0.1, 0.15) is 6.04 Å². The maximum Gasteiger partial charge on any atom is 0.242 e. The van der Waals surface area contributed by atoms with Gasteiger partial charge in [-0.1, -0.05) is 31.5 Å². The predicted octanol–water partition coefficient (Wildman–Crippen LogP) is 1.53. The van der Waals surface area contributed by atoms with Crippen LogP contribution < -0.4 is 16.0 Å². The molecule has 1 aromatic rings. The number of benzene rings is 1. The fourth-order valence-electron chi connectivity index (χ4n) is 2.34. The Hall–Kier alpha value is -1.30. The van der Waals surface area contributed by atoms with E-state index in [-0.39, 0.29) is 0 Å². The molecule has 2 rings (SSSR count). The third kappa shape index (κ3) is 4.09. The Bertz CT molecular complexity index is 508. The first kappa shape index (κ1) is 16.1. The lowest BCUT2D eigenvalue weighted by molar-refractivity contribution is -0.121. The van der Waals surface area contributed by atoms with Crippen LogP contribution in [-0.2, 0) is 16.1 Å². The van der Waals surface area contributed by atoms with E-state index in [9.17, 15) is 4.79 Å². The molecule has 0 saturated carbocycles. The number of hydrogen-bond donors (Lipinski definition) is 2. The highest BCUT2D eigenvalue weighted by atomic mass is 35.5. The summed E-state index contributed by atoms with van der Waals surface area (Å²) in [6.45, 7) is 6.44. The summed E-state index contributed by atoms with van der Waals surface area (Å²) >= 11 is 6.39. The molecule has 1 heterocycles. The molecule has 0 spiro atoms. The van der Waals surface area contributed by atoms with Crippen LogP contribution in [0, 0.1) is 0 Å². The molecule has 1 unspecified atom stereocenters. The monoisotopic (exact) mass is 311 g/mol. The average molecular weight is 312 g/mol. The van der Waals surface area contributed by atoms with E-state index in [4.69, 9.17) is 22.1 Å². The van der Waals surface area contributed by atoms with E-state index in [1.807, 2.05) is 23.1 Å². The molecule has 116 valence electrons. The van der Waals surface area contributed by atoms with Crippen LogP contribution in [0.1, 0.15) is 19.4 Å². The number of anilines is 1. The maximum absolute atomic E-state index is 11.5. The standard InChI is InChI=1S/C15H22ClN3O2/c1-10(2)18-8-11-3-4-13(12(16)7-11)19-5-6-21-9-14(19)15(17)20/h3-4,7,10,14,18H,5-6,8-9H2,1-2H3,(H2,17,20). The highest BCUT2D eigenvalue weighted by Gasteiger charge is 2.29. The number of halogens is 1. The molecule has 1 aliphatic heterocycles. The van der Waals surface area contributed by atoms with Gasteiger partial charge in [-0.2, -0.15) is 0 Å². The molecule has 5 nitrogen and oxygen atoms in total. The molecule has 0 aromatic heterocycles. The number of primary amides is 1. The number of nitrogens with two attached hydrogens (primary N) is 1. The minimum absolute atomic E-state index is 0.308. The van der Waals surface area contributed by atoms with Crippen molar-refractivity contribution in [1.82, 2.24) is 5.32 Å². The van der Waals surface area contributed by atoms with Gasteiger partial charge in [-0.25, -0.2) is 0 Å². The third-order valence-electron chi connectivity index (χ3n) is 3.49. The van der Waals surface area contributed by atoms with Gasteiger partial charge in [0.25, 0.3) is 0 Å². The lowest BCUT2D eigenvalue weighted by atomic mass is 10.1. The van der Waals surface area contributed by atoms with Gasteiger partial charge in [0.2, 0.25) is 5.91 Å². The van der Waals surface area contributed by atoms with Crippen LogP contribution in [0.15, 0.2) is 18.2 Å². The predicted molar refractivity (Wildman–Crippen MR) is 84.6 cm³/mol. The lowest BCUT2D eigenvalue weighted by Gasteiger charge is -2.36. The van der Waals surface area contributed by atoms with Crippen molar-refractivity contribution in [1.29, 1.82) is 0 Å². The zero-order valence-corrected chi connectivity index (χ0v) is 13.2. The fourth-order valence-corrected chi connectivity index (χ4v) is 2.65. The molecule has 6 heteroatoms. The number of nitrogens with one attached hydrogen (secondary N) is 1. The number of carbonyl (C=O) groups is 1. The summed E-state index contributed by atoms with van der Waals surface area (Å²) in [5.74, 6) is -0.392. The van der Waals surface area contributed by atoms with E-state index >= 15 is 0 Å². The van der Waals surface area contributed by atoms with Crippen molar-refractivity contribution in [2.24, 2.45) is 5.73 Å². The number of morpholine rings is 1. The van der Waals surface area contributed by atoms with Gasteiger partial charge in [0.15, 0.2) is 0 Å². The highest BCUT2D eigenvalue weighted by molar-refractivity contribution is 6.33. The van der Waals surface area contributed by atoms with Crippen LogP contribution in [0.2, 0.25) is 5.02 Å². The second-order valence-electron chi connectivity index (χ2n) is 5.51. The summed E-state index contributed by atoms with van der Waals surface area (Å²) in [5.41, 5.74) is 7.39. The molecule has 1 aromatic carbocycles. The van der Waals surface area contributed by atoms with Gasteiger partial charge in [0.05, 0.1) is 23.9 Å². The van der Waals surface area contributed by atoms with Crippen molar-refractivity contribution < 1.29 is 9.53 Å². The van der Waals surface area contributed by atoms with Crippen LogP contribution >= 0.6 is 11.6 Å². The number of hydrogen-bond acceptors (Lipinski definition) is 4. The van der Waals surface area contributed by atoms with Gasteiger partial charge >= 0.3 is 0 Å². The zero-order chi connectivity index (χ0) is 15.4. The molecule has 21 heavy (non-hydrogen) atoms. The van der Waals surface area contributed by atoms with E-state index in [0.717, 1.165) is 17.8 Å². The molecule has 3 N–H and O–H groups in total. The van der Waals surface area contributed by atoms with Crippen molar-refractivity contribution in [3.05, 3.63) is 28.8 Å². The molecule has 1 aliphatic rings. The van der Waals surface area contributed by atoms with E-state index in [1.165, 1.54) is 0 Å². The Balaban J connectivity index is 2.17. The van der Waals surface area contributed by atoms with Crippen molar-refractivity contribution in [2.45, 2.75) is 32.5 Å². The normalized spacial score (nSPS) is 19.0. The Morgan fingerprint density at radius 3 is 2.95 bits per heavy atom. The summed E-state index contributed by atoms with van der Waals surface area (Å²) in [6.07, 6.45) is 0. The van der Waals surface area contributed by atoms with E-state index < -0.39 is 11.9 Å². The molecule has 1 atom stereocenters. The molecular formula is C15H22ClN3O2. The molecule has 0 radical (unpaired) electrons. The summed E-state index contributed by atoms with van der Waals surface area (Å²) in [4.78, 5) is 13.5. The molecule has 0 aliphatic carbocycles. The van der Waals surface area contributed by atoms with Gasteiger partial charge < -0.3 is 20.7 Å². The van der Waals surface area contributed by atoms with Crippen molar-refractivity contribution >= 4 is 23.2 Å². The number of carbonyl (C=O) groups excluding carboxylic acids is 1. The van der Waals surface area contributed by atoms with Crippen LogP contribution in [0.5, 0.6) is 0 Å². The molecule has 1 saturated heterocycles. The van der Waals surface area contributed by atoms with Crippen molar-refractivity contribution in [3.63, 3.8) is 0 Å². The van der Waals surface area contributed by atoms with Crippen LogP contribution in [-0.4, -0.2) is 37.7 Å². The molecule has 1 amide bonds. The SMILES string of the molecule is CC(C)NCc1ccc(N2CCOCC2C(N)=O)c(Cl)c1.